The fraction of sp³-hybridized carbons (Fsp3) is 0.100. The lowest BCUT2D eigenvalue weighted by Crippen LogP contribution is -2.18. The molecule has 0 aliphatic rings. The first kappa shape index (κ1) is 10.7. The Morgan fingerprint density at radius 3 is 2.50 bits per heavy atom. The second-order valence-electron chi connectivity index (χ2n) is 3.12. The number of halogens is 4. The second-order valence-corrected chi connectivity index (χ2v) is 3.12. The zero-order chi connectivity index (χ0) is 11.9. The van der Waals surface area contributed by atoms with E-state index in [4.69, 9.17) is 0 Å². The van der Waals surface area contributed by atoms with E-state index >= 15 is 0 Å². The van der Waals surface area contributed by atoms with Crippen molar-refractivity contribution in [1.29, 1.82) is 0 Å². The fourth-order valence-corrected chi connectivity index (χ4v) is 1.30. The van der Waals surface area contributed by atoms with Crippen LogP contribution in [0.25, 0.3) is 11.0 Å². The lowest BCUT2D eigenvalue weighted by molar-refractivity contribution is -0.139. The molecule has 0 atom stereocenters. The molecule has 2 nitrogen and oxygen atoms in total. The minimum Gasteiger partial charge on any atom is -0.463 e. The van der Waals surface area contributed by atoms with Crippen LogP contribution in [0.3, 0.4) is 0 Å². The molecule has 84 valence electrons. The van der Waals surface area contributed by atoms with E-state index in [0.29, 0.717) is 6.26 Å². The number of alkyl halides is 3. The van der Waals surface area contributed by atoms with Crippen LogP contribution in [0.4, 0.5) is 17.6 Å². The summed E-state index contributed by atoms with van der Waals surface area (Å²) in [5.74, 6) is -0.792. The summed E-state index contributed by atoms with van der Waals surface area (Å²) in [5.41, 5.74) is -2.81. The molecule has 6 heteroatoms. The van der Waals surface area contributed by atoms with Crippen molar-refractivity contribution in [1.82, 2.24) is 0 Å². The maximum Gasteiger partial charge on any atom is 0.423 e. The Balaban J connectivity index is 2.84. The molecule has 1 heterocycles. The molecular weight excluding hydrogens is 228 g/mol. The van der Waals surface area contributed by atoms with E-state index in [1.807, 2.05) is 0 Å². The summed E-state index contributed by atoms with van der Waals surface area (Å²) < 4.78 is 54.4. The Bertz CT molecular complexity index is 598. The van der Waals surface area contributed by atoms with Crippen molar-refractivity contribution in [3.63, 3.8) is 0 Å². The average Bonchev–Trinajstić information content (AvgIpc) is 2.17. The zero-order valence-corrected chi connectivity index (χ0v) is 7.64. The minimum absolute atomic E-state index is 0.0839. The molecule has 0 bridgehead atoms. The van der Waals surface area contributed by atoms with Gasteiger partial charge in [-0.2, -0.15) is 13.2 Å². The van der Waals surface area contributed by atoms with Gasteiger partial charge in [-0.15, -0.1) is 0 Å². The SMILES string of the molecule is O=c1c(C(F)(F)F)coc2ccc(F)cc12. The van der Waals surface area contributed by atoms with Crippen LogP contribution in [0.5, 0.6) is 0 Å². The molecule has 0 radical (unpaired) electrons. The summed E-state index contributed by atoms with van der Waals surface area (Å²) in [6.45, 7) is 0. The van der Waals surface area contributed by atoms with Crippen molar-refractivity contribution in [2.24, 2.45) is 0 Å². The quantitative estimate of drug-likeness (QED) is 0.653. The van der Waals surface area contributed by atoms with Gasteiger partial charge in [-0.25, -0.2) is 4.39 Å². The third kappa shape index (κ3) is 1.66. The van der Waals surface area contributed by atoms with Gasteiger partial charge in [0.25, 0.3) is 0 Å². The van der Waals surface area contributed by atoms with Crippen LogP contribution in [0.1, 0.15) is 5.56 Å². The lowest BCUT2D eigenvalue weighted by atomic mass is 10.1. The van der Waals surface area contributed by atoms with Gasteiger partial charge in [-0.3, -0.25) is 4.79 Å². The molecule has 0 N–H and O–H groups in total. The third-order valence-electron chi connectivity index (χ3n) is 2.04. The van der Waals surface area contributed by atoms with Gasteiger partial charge in [0.05, 0.1) is 5.39 Å². The second kappa shape index (κ2) is 3.33. The summed E-state index contributed by atoms with van der Waals surface area (Å²) in [4.78, 5) is 11.4. The van der Waals surface area contributed by atoms with Crippen LogP contribution in [0.15, 0.2) is 33.7 Å². The largest absolute Gasteiger partial charge is 0.463 e. The third-order valence-corrected chi connectivity index (χ3v) is 2.04. The Kier molecular flexibility index (Phi) is 2.22. The smallest absolute Gasteiger partial charge is 0.423 e. The first-order valence-corrected chi connectivity index (χ1v) is 4.18. The molecule has 0 amide bonds. The highest BCUT2D eigenvalue weighted by Gasteiger charge is 2.35. The summed E-state index contributed by atoms with van der Waals surface area (Å²) in [6, 6.07) is 2.82. The molecule has 0 unspecified atom stereocenters. The maximum absolute atomic E-state index is 12.8. The molecule has 0 saturated heterocycles. The number of rotatable bonds is 0. The van der Waals surface area contributed by atoms with Gasteiger partial charge in [-0.05, 0) is 18.2 Å². The molecule has 2 aromatic rings. The van der Waals surface area contributed by atoms with Crippen molar-refractivity contribution in [2.75, 3.05) is 0 Å². The molecule has 0 aliphatic carbocycles. The van der Waals surface area contributed by atoms with E-state index in [1.54, 1.807) is 0 Å². The lowest BCUT2D eigenvalue weighted by Gasteiger charge is -2.05. The fourth-order valence-electron chi connectivity index (χ4n) is 1.30. The molecule has 1 aromatic heterocycles. The summed E-state index contributed by atoms with van der Waals surface area (Å²) >= 11 is 0. The highest BCUT2D eigenvalue weighted by molar-refractivity contribution is 5.76. The number of hydrogen-bond acceptors (Lipinski definition) is 2. The van der Waals surface area contributed by atoms with Gasteiger partial charge in [0.15, 0.2) is 0 Å². The van der Waals surface area contributed by atoms with E-state index < -0.39 is 28.4 Å². The van der Waals surface area contributed by atoms with Gasteiger partial charge < -0.3 is 4.42 Å². The molecule has 0 saturated carbocycles. The van der Waals surface area contributed by atoms with E-state index in [9.17, 15) is 22.4 Å². The monoisotopic (exact) mass is 232 g/mol. The summed E-state index contributed by atoms with van der Waals surface area (Å²) in [5, 5.41) is -0.421. The van der Waals surface area contributed by atoms with Gasteiger partial charge in [-0.1, -0.05) is 0 Å². The highest BCUT2D eigenvalue weighted by atomic mass is 19.4. The molecule has 0 aliphatic heterocycles. The first-order chi connectivity index (χ1) is 7.39. The number of hydrogen-bond donors (Lipinski definition) is 0. The van der Waals surface area contributed by atoms with Gasteiger partial charge in [0.2, 0.25) is 5.43 Å². The van der Waals surface area contributed by atoms with Crippen molar-refractivity contribution >= 4 is 11.0 Å². The standard InChI is InChI=1S/C10H4F4O2/c11-5-1-2-8-6(3-5)9(15)7(4-16-8)10(12,13)14/h1-4H. The zero-order valence-electron chi connectivity index (χ0n) is 7.64. The predicted octanol–water partition coefficient (Wildman–Crippen LogP) is 2.95. The number of benzene rings is 1. The normalized spacial score (nSPS) is 12.0. The predicted molar refractivity (Wildman–Crippen MR) is 47.4 cm³/mol. The van der Waals surface area contributed by atoms with Crippen LogP contribution >= 0.6 is 0 Å². The Morgan fingerprint density at radius 1 is 1.19 bits per heavy atom. The molecular formula is C10H4F4O2. The topological polar surface area (TPSA) is 30.2 Å². The summed E-state index contributed by atoms with van der Waals surface area (Å²) in [6.07, 6.45) is -4.47. The highest BCUT2D eigenvalue weighted by Crippen LogP contribution is 2.28. The number of fused-ring (bicyclic) bond motifs is 1. The molecule has 0 spiro atoms. The van der Waals surface area contributed by atoms with E-state index in [-0.39, 0.29) is 5.58 Å². The van der Waals surface area contributed by atoms with E-state index in [2.05, 4.69) is 4.42 Å². The van der Waals surface area contributed by atoms with Crippen LogP contribution in [0, 0.1) is 5.82 Å². The van der Waals surface area contributed by atoms with E-state index in [0.717, 1.165) is 18.2 Å². The van der Waals surface area contributed by atoms with Gasteiger partial charge in [0.1, 0.15) is 23.2 Å². The van der Waals surface area contributed by atoms with Crippen molar-refractivity contribution in [2.45, 2.75) is 6.18 Å². The molecule has 0 fully saturated rings. The van der Waals surface area contributed by atoms with Gasteiger partial charge >= 0.3 is 6.18 Å². The molecule has 16 heavy (non-hydrogen) atoms. The molecule has 1 aromatic carbocycles. The average molecular weight is 232 g/mol. The van der Waals surface area contributed by atoms with Crippen molar-refractivity contribution < 1.29 is 22.0 Å². The van der Waals surface area contributed by atoms with Crippen LogP contribution in [-0.4, -0.2) is 0 Å². The first-order valence-electron chi connectivity index (χ1n) is 4.18. The van der Waals surface area contributed by atoms with Crippen molar-refractivity contribution in [3.05, 3.63) is 46.1 Å². The maximum atomic E-state index is 12.8. The van der Waals surface area contributed by atoms with Crippen molar-refractivity contribution in [3.8, 4) is 0 Å². The van der Waals surface area contributed by atoms with Gasteiger partial charge in [0, 0.05) is 0 Å². The Morgan fingerprint density at radius 2 is 1.88 bits per heavy atom. The summed E-state index contributed by atoms with van der Waals surface area (Å²) in [7, 11) is 0. The van der Waals surface area contributed by atoms with Crippen LogP contribution < -0.4 is 5.43 Å². The van der Waals surface area contributed by atoms with Crippen LogP contribution in [-0.2, 0) is 6.18 Å². The minimum atomic E-state index is -4.80. The Hall–Kier alpha value is -1.85. The molecule has 2 rings (SSSR count). The van der Waals surface area contributed by atoms with Crippen LogP contribution in [0.2, 0.25) is 0 Å². The Labute approximate surface area is 86.1 Å². The van der Waals surface area contributed by atoms with E-state index in [1.165, 1.54) is 0 Å².